The lowest BCUT2D eigenvalue weighted by molar-refractivity contribution is 0.163. The van der Waals surface area contributed by atoms with Crippen molar-refractivity contribution in [3.63, 3.8) is 0 Å². The number of anilines is 1. The lowest BCUT2D eigenvalue weighted by Crippen LogP contribution is -2.48. The zero-order valence-corrected chi connectivity index (χ0v) is 13.6. The molecular weight excluding hydrogens is 300 g/mol. The van der Waals surface area contributed by atoms with Crippen LogP contribution in [0.2, 0.25) is 0 Å². The molecule has 1 aliphatic heterocycles. The second kappa shape index (κ2) is 6.71. The maximum atomic E-state index is 5.49. The van der Waals surface area contributed by atoms with E-state index in [4.69, 9.17) is 26.4 Å². The van der Waals surface area contributed by atoms with Crippen LogP contribution in [0.15, 0.2) is 18.2 Å². The van der Waals surface area contributed by atoms with Gasteiger partial charge in [-0.05, 0) is 43.6 Å². The van der Waals surface area contributed by atoms with E-state index < -0.39 is 0 Å². The summed E-state index contributed by atoms with van der Waals surface area (Å²) in [6.07, 6.45) is 5.73. The number of hydrogen-bond acceptors (Lipinski definition) is 4. The van der Waals surface area contributed by atoms with Crippen LogP contribution in [0.25, 0.3) is 0 Å². The Morgan fingerprint density at radius 1 is 1.27 bits per heavy atom. The first-order chi connectivity index (χ1) is 10.7. The molecule has 0 bridgehead atoms. The highest BCUT2D eigenvalue weighted by molar-refractivity contribution is 7.80. The molecule has 1 aromatic carbocycles. The van der Waals surface area contributed by atoms with Crippen molar-refractivity contribution in [3.8, 4) is 11.5 Å². The fraction of sp³-hybridized carbons (Fsp3) is 0.562. The Kier molecular flexibility index (Phi) is 4.69. The second-order valence-corrected chi connectivity index (χ2v) is 6.29. The van der Waals surface area contributed by atoms with Crippen molar-refractivity contribution in [2.45, 2.75) is 37.6 Å². The molecule has 6 heteroatoms. The van der Waals surface area contributed by atoms with Gasteiger partial charge in [0.1, 0.15) is 0 Å². The topological polar surface area (TPSA) is 51.8 Å². The van der Waals surface area contributed by atoms with Gasteiger partial charge in [-0.1, -0.05) is 12.8 Å². The molecule has 0 atom stereocenters. The Bertz CT molecular complexity index is 544. The first-order valence-corrected chi connectivity index (χ1v) is 8.09. The van der Waals surface area contributed by atoms with Gasteiger partial charge >= 0.3 is 0 Å². The van der Waals surface area contributed by atoms with Gasteiger partial charge in [-0.2, -0.15) is 0 Å². The van der Waals surface area contributed by atoms with Gasteiger partial charge in [0, 0.05) is 31.0 Å². The molecule has 0 radical (unpaired) electrons. The molecule has 2 N–H and O–H groups in total. The van der Waals surface area contributed by atoms with E-state index in [9.17, 15) is 0 Å². The van der Waals surface area contributed by atoms with Crippen LogP contribution in [0.1, 0.15) is 32.1 Å². The summed E-state index contributed by atoms with van der Waals surface area (Å²) in [5, 5.41) is 7.41. The molecule has 1 heterocycles. The van der Waals surface area contributed by atoms with Crippen LogP contribution in [0.4, 0.5) is 5.69 Å². The van der Waals surface area contributed by atoms with Crippen molar-refractivity contribution in [2.75, 3.05) is 25.8 Å². The monoisotopic (exact) mass is 322 g/mol. The Labute approximate surface area is 136 Å². The molecule has 5 nitrogen and oxygen atoms in total. The van der Waals surface area contributed by atoms with E-state index in [0.29, 0.717) is 5.11 Å². The van der Waals surface area contributed by atoms with Crippen molar-refractivity contribution < 1.29 is 14.2 Å². The number of methoxy groups -OCH3 is 1. The van der Waals surface area contributed by atoms with Crippen LogP contribution in [-0.2, 0) is 4.74 Å². The third kappa shape index (κ3) is 3.44. The summed E-state index contributed by atoms with van der Waals surface area (Å²) in [5.74, 6) is 1.53. The number of fused-ring (bicyclic) bond motifs is 1. The standard InChI is InChI=1S/C16H22N2O3S/c1-19-9-8-16(6-2-3-7-16)18-15(22)17-12-4-5-13-14(10-12)21-11-20-13/h4-5,10H,2-3,6-9,11H2,1H3,(H2,17,18,22). The van der Waals surface area contributed by atoms with E-state index in [0.717, 1.165) is 43.1 Å². The molecule has 1 fully saturated rings. The summed E-state index contributed by atoms with van der Waals surface area (Å²) in [6.45, 7) is 1.03. The molecule has 0 amide bonds. The molecule has 3 rings (SSSR count). The first kappa shape index (κ1) is 15.4. The van der Waals surface area contributed by atoms with Gasteiger partial charge in [0.25, 0.3) is 0 Å². The minimum absolute atomic E-state index is 0.0659. The minimum atomic E-state index is 0.0659. The van der Waals surface area contributed by atoms with Gasteiger partial charge in [0.2, 0.25) is 6.79 Å². The van der Waals surface area contributed by atoms with Crippen LogP contribution in [0.3, 0.4) is 0 Å². The number of rotatable bonds is 5. The fourth-order valence-electron chi connectivity index (χ4n) is 3.16. The molecule has 1 aliphatic carbocycles. The van der Waals surface area contributed by atoms with Crippen LogP contribution < -0.4 is 20.1 Å². The summed E-state index contributed by atoms with van der Waals surface area (Å²) in [6, 6.07) is 5.74. The number of thiocarbonyl (C=S) groups is 1. The quantitative estimate of drug-likeness (QED) is 0.813. The van der Waals surface area contributed by atoms with E-state index in [1.165, 1.54) is 12.8 Å². The summed E-state index contributed by atoms with van der Waals surface area (Å²) in [7, 11) is 1.74. The Morgan fingerprint density at radius 2 is 2.05 bits per heavy atom. The smallest absolute Gasteiger partial charge is 0.231 e. The summed E-state index contributed by atoms with van der Waals surface area (Å²) in [5.41, 5.74) is 0.970. The average Bonchev–Trinajstić information content (AvgIpc) is 3.14. The number of nitrogens with one attached hydrogen (secondary N) is 2. The number of ether oxygens (including phenoxy) is 3. The SMILES string of the molecule is COCCC1(NC(=S)Nc2ccc3c(c2)OCO3)CCCC1. The van der Waals surface area contributed by atoms with E-state index in [1.807, 2.05) is 18.2 Å². The van der Waals surface area contributed by atoms with Crippen LogP contribution in [0, 0.1) is 0 Å². The minimum Gasteiger partial charge on any atom is -0.454 e. The molecule has 0 spiro atoms. The normalized spacial score (nSPS) is 18.2. The molecule has 22 heavy (non-hydrogen) atoms. The molecular formula is C16H22N2O3S. The van der Waals surface area contributed by atoms with Gasteiger partial charge in [-0.25, -0.2) is 0 Å². The highest BCUT2D eigenvalue weighted by Gasteiger charge is 2.34. The number of benzene rings is 1. The third-order valence-corrected chi connectivity index (χ3v) is 4.56. The third-order valence-electron chi connectivity index (χ3n) is 4.35. The molecule has 0 aromatic heterocycles. The molecule has 120 valence electrons. The summed E-state index contributed by atoms with van der Waals surface area (Å²) < 4.78 is 15.9. The average molecular weight is 322 g/mol. The maximum Gasteiger partial charge on any atom is 0.231 e. The lowest BCUT2D eigenvalue weighted by Gasteiger charge is -2.31. The van der Waals surface area contributed by atoms with Crippen molar-refractivity contribution in [1.82, 2.24) is 5.32 Å². The van der Waals surface area contributed by atoms with Crippen molar-refractivity contribution in [1.29, 1.82) is 0 Å². The summed E-state index contributed by atoms with van der Waals surface area (Å²) >= 11 is 5.49. The lowest BCUT2D eigenvalue weighted by atomic mass is 9.94. The highest BCUT2D eigenvalue weighted by Crippen LogP contribution is 2.35. The Balaban J connectivity index is 1.61. The largest absolute Gasteiger partial charge is 0.454 e. The zero-order valence-electron chi connectivity index (χ0n) is 12.8. The van der Waals surface area contributed by atoms with Gasteiger partial charge in [-0.3, -0.25) is 0 Å². The fourth-order valence-corrected chi connectivity index (χ4v) is 3.50. The molecule has 1 aromatic rings. The summed E-state index contributed by atoms with van der Waals surface area (Å²) in [4.78, 5) is 0. The van der Waals surface area contributed by atoms with Gasteiger partial charge in [0.05, 0.1) is 0 Å². The first-order valence-electron chi connectivity index (χ1n) is 7.69. The van der Waals surface area contributed by atoms with Crippen molar-refractivity contribution >= 4 is 23.0 Å². The molecule has 2 aliphatic rings. The Morgan fingerprint density at radius 3 is 2.82 bits per heavy atom. The molecule has 0 unspecified atom stereocenters. The van der Waals surface area contributed by atoms with Crippen molar-refractivity contribution in [2.24, 2.45) is 0 Å². The predicted octanol–water partition coefficient (Wildman–Crippen LogP) is 3.05. The van der Waals surface area contributed by atoms with Crippen LogP contribution >= 0.6 is 12.2 Å². The van der Waals surface area contributed by atoms with Gasteiger partial charge < -0.3 is 24.8 Å². The molecule has 1 saturated carbocycles. The van der Waals surface area contributed by atoms with Crippen LogP contribution in [-0.4, -0.2) is 31.2 Å². The highest BCUT2D eigenvalue weighted by atomic mass is 32.1. The zero-order chi connectivity index (χ0) is 15.4. The van der Waals surface area contributed by atoms with E-state index >= 15 is 0 Å². The van der Waals surface area contributed by atoms with E-state index in [-0.39, 0.29) is 12.3 Å². The van der Waals surface area contributed by atoms with E-state index in [1.54, 1.807) is 7.11 Å². The molecule has 0 saturated heterocycles. The maximum absolute atomic E-state index is 5.49. The Hall–Kier alpha value is -1.53. The second-order valence-electron chi connectivity index (χ2n) is 5.88. The van der Waals surface area contributed by atoms with Gasteiger partial charge in [-0.15, -0.1) is 0 Å². The predicted molar refractivity (Wildman–Crippen MR) is 89.6 cm³/mol. The number of hydrogen-bond donors (Lipinski definition) is 2. The van der Waals surface area contributed by atoms with E-state index in [2.05, 4.69) is 10.6 Å². The van der Waals surface area contributed by atoms with Crippen LogP contribution in [0.5, 0.6) is 11.5 Å². The van der Waals surface area contributed by atoms with Crippen molar-refractivity contribution in [3.05, 3.63) is 18.2 Å². The van der Waals surface area contributed by atoms with Gasteiger partial charge in [0.15, 0.2) is 16.6 Å².